The molecule has 1 nitrogen and oxygen atoms in total. The van der Waals surface area contributed by atoms with Gasteiger partial charge in [-0.05, 0) is 55.5 Å². The summed E-state index contributed by atoms with van der Waals surface area (Å²) in [6, 6.07) is 9.53. The number of thiophene rings is 1. The standard InChI is InChI=1S/C14H11FOS/c1-10-2-7-13(17-10)8-9-14(16)11-3-5-12(15)6-4-11/h2-9H,1H3/b9-8+. The molecule has 0 saturated heterocycles. The molecular formula is C14H11FOS. The third-order valence-corrected chi connectivity index (χ3v) is 3.25. The Labute approximate surface area is 103 Å². The molecular weight excluding hydrogens is 235 g/mol. The zero-order valence-corrected chi connectivity index (χ0v) is 10.1. The van der Waals surface area contributed by atoms with E-state index >= 15 is 0 Å². The Morgan fingerprint density at radius 1 is 1.18 bits per heavy atom. The lowest BCUT2D eigenvalue weighted by molar-refractivity contribution is 0.104. The van der Waals surface area contributed by atoms with Gasteiger partial charge in [-0.25, -0.2) is 4.39 Å². The Kier molecular flexibility index (Phi) is 3.49. The molecule has 0 unspecified atom stereocenters. The van der Waals surface area contributed by atoms with Crippen molar-refractivity contribution in [3.63, 3.8) is 0 Å². The van der Waals surface area contributed by atoms with Gasteiger partial charge in [-0.2, -0.15) is 0 Å². The van der Waals surface area contributed by atoms with Gasteiger partial charge in [0.1, 0.15) is 5.82 Å². The molecule has 0 aliphatic carbocycles. The number of hydrogen-bond acceptors (Lipinski definition) is 2. The molecule has 0 fully saturated rings. The van der Waals surface area contributed by atoms with E-state index in [0.717, 1.165) is 4.88 Å². The lowest BCUT2D eigenvalue weighted by Crippen LogP contribution is -1.93. The number of aryl methyl sites for hydroxylation is 1. The molecule has 3 heteroatoms. The lowest BCUT2D eigenvalue weighted by Gasteiger charge is -1.94. The second-order valence-electron chi connectivity index (χ2n) is 3.65. The fraction of sp³-hybridized carbons (Fsp3) is 0.0714. The third-order valence-electron chi connectivity index (χ3n) is 2.29. The highest BCUT2D eigenvalue weighted by atomic mass is 32.1. The van der Waals surface area contributed by atoms with Crippen molar-refractivity contribution in [2.45, 2.75) is 6.92 Å². The Bertz CT molecular complexity index is 552. The first kappa shape index (κ1) is 11.7. The largest absolute Gasteiger partial charge is 0.289 e. The number of rotatable bonds is 3. The first-order valence-corrected chi connectivity index (χ1v) is 6.01. The Morgan fingerprint density at radius 2 is 1.88 bits per heavy atom. The molecule has 0 spiro atoms. The van der Waals surface area contributed by atoms with Crippen molar-refractivity contribution >= 4 is 23.2 Å². The summed E-state index contributed by atoms with van der Waals surface area (Å²) in [5, 5.41) is 0. The van der Waals surface area contributed by atoms with Crippen molar-refractivity contribution in [3.05, 3.63) is 63.6 Å². The molecule has 0 aliphatic rings. The number of allylic oxidation sites excluding steroid dienone is 1. The number of halogens is 1. The van der Waals surface area contributed by atoms with Gasteiger partial charge in [0.25, 0.3) is 0 Å². The van der Waals surface area contributed by atoms with E-state index in [1.54, 1.807) is 17.4 Å². The highest BCUT2D eigenvalue weighted by Gasteiger charge is 2.01. The number of carbonyl (C=O) groups is 1. The molecule has 2 rings (SSSR count). The normalized spacial score (nSPS) is 10.9. The number of benzene rings is 1. The fourth-order valence-electron chi connectivity index (χ4n) is 1.41. The van der Waals surface area contributed by atoms with E-state index < -0.39 is 0 Å². The number of hydrogen-bond donors (Lipinski definition) is 0. The van der Waals surface area contributed by atoms with Gasteiger partial charge in [0.15, 0.2) is 5.78 Å². The number of ketones is 1. The molecule has 0 radical (unpaired) electrons. The predicted molar refractivity (Wildman–Crippen MR) is 68.8 cm³/mol. The van der Waals surface area contributed by atoms with Crippen molar-refractivity contribution in [1.29, 1.82) is 0 Å². The van der Waals surface area contributed by atoms with Gasteiger partial charge in [-0.15, -0.1) is 11.3 Å². The topological polar surface area (TPSA) is 17.1 Å². The van der Waals surface area contributed by atoms with E-state index in [-0.39, 0.29) is 11.6 Å². The molecule has 0 bridgehead atoms. The molecule has 0 N–H and O–H groups in total. The van der Waals surface area contributed by atoms with Crippen LogP contribution in [0, 0.1) is 12.7 Å². The quantitative estimate of drug-likeness (QED) is 0.589. The molecule has 0 amide bonds. The Morgan fingerprint density at radius 3 is 2.47 bits per heavy atom. The predicted octanol–water partition coefficient (Wildman–Crippen LogP) is 4.09. The van der Waals surface area contributed by atoms with Crippen LogP contribution in [0.3, 0.4) is 0 Å². The summed E-state index contributed by atoms with van der Waals surface area (Å²) < 4.78 is 12.7. The van der Waals surface area contributed by atoms with E-state index in [2.05, 4.69) is 0 Å². The molecule has 17 heavy (non-hydrogen) atoms. The Balaban J connectivity index is 2.11. The molecule has 0 atom stereocenters. The summed E-state index contributed by atoms with van der Waals surface area (Å²) in [6.07, 6.45) is 3.29. The second-order valence-corrected chi connectivity index (χ2v) is 4.97. The van der Waals surface area contributed by atoms with Gasteiger partial charge < -0.3 is 0 Å². The van der Waals surface area contributed by atoms with Crippen LogP contribution in [0.25, 0.3) is 6.08 Å². The van der Waals surface area contributed by atoms with Crippen LogP contribution in [0.4, 0.5) is 4.39 Å². The minimum Gasteiger partial charge on any atom is -0.289 e. The van der Waals surface area contributed by atoms with Gasteiger partial charge in [0.2, 0.25) is 0 Å². The van der Waals surface area contributed by atoms with E-state index in [0.29, 0.717) is 5.56 Å². The van der Waals surface area contributed by atoms with Gasteiger partial charge in [-0.1, -0.05) is 0 Å². The van der Waals surface area contributed by atoms with Crippen molar-refractivity contribution < 1.29 is 9.18 Å². The van der Waals surface area contributed by atoms with Crippen LogP contribution in [-0.2, 0) is 0 Å². The molecule has 86 valence electrons. The smallest absolute Gasteiger partial charge is 0.185 e. The first-order valence-electron chi connectivity index (χ1n) is 5.19. The highest BCUT2D eigenvalue weighted by molar-refractivity contribution is 7.12. The van der Waals surface area contributed by atoms with Crippen LogP contribution < -0.4 is 0 Å². The van der Waals surface area contributed by atoms with Crippen molar-refractivity contribution in [2.24, 2.45) is 0 Å². The average molecular weight is 246 g/mol. The van der Waals surface area contributed by atoms with Crippen LogP contribution in [0.5, 0.6) is 0 Å². The van der Waals surface area contributed by atoms with Crippen LogP contribution in [-0.4, -0.2) is 5.78 Å². The first-order chi connectivity index (χ1) is 8.15. The maximum Gasteiger partial charge on any atom is 0.185 e. The van der Waals surface area contributed by atoms with Crippen LogP contribution in [0.1, 0.15) is 20.1 Å². The molecule has 2 aromatic rings. The average Bonchev–Trinajstić information content (AvgIpc) is 2.73. The van der Waals surface area contributed by atoms with Crippen LogP contribution >= 0.6 is 11.3 Å². The maximum absolute atomic E-state index is 12.7. The third kappa shape index (κ3) is 3.11. The van der Waals surface area contributed by atoms with E-state index in [1.165, 1.54) is 35.2 Å². The molecule has 1 aromatic heterocycles. The van der Waals surface area contributed by atoms with Gasteiger partial charge in [-0.3, -0.25) is 4.79 Å². The summed E-state index contributed by atoms with van der Waals surface area (Å²) in [5.41, 5.74) is 0.496. The van der Waals surface area contributed by atoms with Crippen molar-refractivity contribution in [1.82, 2.24) is 0 Å². The SMILES string of the molecule is Cc1ccc(/C=C/C(=O)c2ccc(F)cc2)s1. The minimum atomic E-state index is -0.334. The van der Waals surface area contributed by atoms with Gasteiger partial charge >= 0.3 is 0 Å². The summed E-state index contributed by atoms with van der Waals surface area (Å²) in [5.74, 6) is -0.449. The summed E-state index contributed by atoms with van der Waals surface area (Å²) in [4.78, 5) is 14.0. The monoisotopic (exact) mass is 246 g/mol. The summed E-state index contributed by atoms with van der Waals surface area (Å²) >= 11 is 1.63. The molecule has 1 heterocycles. The maximum atomic E-state index is 12.7. The molecule has 1 aromatic carbocycles. The Hall–Kier alpha value is -1.74. The zero-order chi connectivity index (χ0) is 12.3. The van der Waals surface area contributed by atoms with E-state index in [9.17, 15) is 9.18 Å². The van der Waals surface area contributed by atoms with Crippen LogP contribution in [0.15, 0.2) is 42.5 Å². The van der Waals surface area contributed by atoms with Crippen molar-refractivity contribution in [3.8, 4) is 0 Å². The summed E-state index contributed by atoms with van der Waals surface area (Å²) in [7, 11) is 0. The second kappa shape index (κ2) is 5.06. The molecule has 0 aliphatic heterocycles. The number of carbonyl (C=O) groups excluding carboxylic acids is 1. The van der Waals surface area contributed by atoms with Gasteiger partial charge in [0, 0.05) is 15.3 Å². The van der Waals surface area contributed by atoms with E-state index in [4.69, 9.17) is 0 Å². The fourth-order valence-corrected chi connectivity index (χ4v) is 2.19. The van der Waals surface area contributed by atoms with E-state index in [1.807, 2.05) is 19.1 Å². The zero-order valence-electron chi connectivity index (χ0n) is 9.31. The summed E-state index contributed by atoms with van der Waals surface area (Å²) in [6.45, 7) is 2.02. The highest BCUT2D eigenvalue weighted by Crippen LogP contribution is 2.16. The lowest BCUT2D eigenvalue weighted by atomic mass is 10.1. The van der Waals surface area contributed by atoms with Crippen molar-refractivity contribution in [2.75, 3.05) is 0 Å². The van der Waals surface area contributed by atoms with Gasteiger partial charge in [0.05, 0.1) is 0 Å². The van der Waals surface area contributed by atoms with Crippen LogP contribution in [0.2, 0.25) is 0 Å². The minimum absolute atomic E-state index is 0.115. The molecule has 0 saturated carbocycles.